The fraction of sp³-hybridized carbons (Fsp3) is 0.312. The normalized spacial score (nSPS) is 10.3. The van der Waals surface area contributed by atoms with Crippen molar-refractivity contribution >= 4 is 29.1 Å². The van der Waals surface area contributed by atoms with Gasteiger partial charge in [0.15, 0.2) is 5.82 Å². The summed E-state index contributed by atoms with van der Waals surface area (Å²) >= 11 is 5.99. The van der Waals surface area contributed by atoms with Crippen LogP contribution in [0.3, 0.4) is 0 Å². The largest absolute Gasteiger partial charge is 0.369 e. The number of carbonyl (C=O) groups is 1. The summed E-state index contributed by atoms with van der Waals surface area (Å²) in [6.45, 7) is 3.03. The van der Waals surface area contributed by atoms with Gasteiger partial charge in [-0.15, -0.1) is 10.2 Å². The van der Waals surface area contributed by atoms with E-state index in [0.29, 0.717) is 22.2 Å². The monoisotopic (exact) mass is 318 g/mol. The Bertz CT molecular complexity index is 616. The second-order valence-electron chi connectivity index (χ2n) is 4.87. The van der Waals surface area contributed by atoms with Crippen molar-refractivity contribution in [2.24, 2.45) is 0 Å². The van der Waals surface area contributed by atoms with E-state index in [2.05, 4.69) is 27.8 Å². The Balaban J connectivity index is 1.91. The summed E-state index contributed by atoms with van der Waals surface area (Å²) in [4.78, 5) is 12.1. The van der Waals surface area contributed by atoms with E-state index in [0.717, 1.165) is 13.0 Å². The van der Waals surface area contributed by atoms with Gasteiger partial charge < -0.3 is 10.6 Å². The van der Waals surface area contributed by atoms with Crippen LogP contribution in [0.2, 0.25) is 5.02 Å². The van der Waals surface area contributed by atoms with Crippen molar-refractivity contribution in [1.82, 2.24) is 10.2 Å². The van der Waals surface area contributed by atoms with Crippen LogP contribution >= 0.6 is 11.6 Å². The van der Waals surface area contributed by atoms with Crippen LogP contribution in [0.5, 0.6) is 0 Å². The van der Waals surface area contributed by atoms with Crippen LogP contribution in [0, 0.1) is 0 Å². The quantitative estimate of drug-likeness (QED) is 0.758. The van der Waals surface area contributed by atoms with Crippen LogP contribution in [-0.4, -0.2) is 22.6 Å². The molecule has 2 rings (SSSR count). The van der Waals surface area contributed by atoms with Gasteiger partial charge >= 0.3 is 0 Å². The third-order valence-corrected chi connectivity index (χ3v) is 3.44. The average Bonchev–Trinajstić information content (AvgIpc) is 2.53. The number of benzene rings is 1. The minimum absolute atomic E-state index is 0.302. The highest BCUT2D eigenvalue weighted by Crippen LogP contribution is 2.16. The van der Waals surface area contributed by atoms with E-state index in [1.54, 1.807) is 36.4 Å². The average molecular weight is 319 g/mol. The van der Waals surface area contributed by atoms with Gasteiger partial charge in [-0.2, -0.15) is 0 Å². The molecule has 0 atom stereocenters. The van der Waals surface area contributed by atoms with E-state index >= 15 is 0 Å². The first-order chi connectivity index (χ1) is 10.7. The van der Waals surface area contributed by atoms with Crippen LogP contribution in [-0.2, 0) is 0 Å². The van der Waals surface area contributed by atoms with Crippen molar-refractivity contribution in [3.63, 3.8) is 0 Å². The Kier molecular flexibility index (Phi) is 6.15. The summed E-state index contributed by atoms with van der Waals surface area (Å²) in [5.41, 5.74) is 0.410. The molecule has 0 aliphatic rings. The summed E-state index contributed by atoms with van der Waals surface area (Å²) in [7, 11) is 0. The summed E-state index contributed by atoms with van der Waals surface area (Å²) in [5.74, 6) is 0.791. The Hall–Kier alpha value is -2.14. The fourth-order valence-corrected chi connectivity index (χ4v) is 2.14. The molecule has 1 heterocycles. The van der Waals surface area contributed by atoms with Crippen LogP contribution in [0.15, 0.2) is 36.4 Å². The number of nitrogens with one attached hydrogen (secondary N) is 2. The van der Waals surface area contributed by atoms with Crippen molar-refractivity contribution in [3.05, 3.63) is 47.0 Å². The van der Waals surface area contributed by atoms with Crippen molar-refractivity contribution < 1.29 is 4.79 Å². The molecule has 22 heavy (non-hydrogen) atoms. The summed E-state index contributed by atoms with van der Waals surface area (Å²) in [6, 6.07) is 10.4. The van der Waals surface area contributed by atoms with E-state index in [1.807, 2.05) is 0 Å². The third-order valence-electron chi connectivity index (χ3n) is 3.11. The van der Waals surface area contributed by atoms with Crippen LogP contribution in [0.1, 0.15) is 36.5 Å². The molecule has 0 fully saturated rings. The number of anilines is 2. The molecule has 6 heteroatoms. The predicted octanol–water partition coefficient (Wildman–Crippen LogP) is 3.98. The maximum absolute atomic E-state index is 12.1. The number of halogens is 1. The zero-order chi connectivity index (χ0) is 15.8. The molecule has 0 unspecified atom stereocenters. The van der Waals surface area contributed by atoms with E-state index in [-0.39, 0.29) is 5.91 Å². The van der Waals surface area contributed by atoms with Crippen LogP contribution in [0.25, 0.3) is 0 Å². The van der Waals surface area contributed by atoms with E-state index in [9.17, 15) is 4.79 Å². The number of hydrogen-bond donors (Lipinski definition) is 2. The van der Waals surface area contributed by atoms with Crippen LogP contribution < -0.4 is 10.6 Å². The lowest BCUT2D eigenvalue weighted by Gasteiger charge is -2.07. The number of unbranched alkanes of at least 4 members (excludes halogenated alkanes) is 2. The van der Waals surface area contributed by atoms with E-state index in [4.69, 9.17) is 11.6 Å². The number of hydrogen-bond acceptors (Lipinski definition) is 4. The van der Waals surface area contributed by atoms with E-state index in [1.165, 1.54) is 12.8 Å². The Labute approximate surface area is 135 Å². The van der Waals surface area contributed by atoms with Gasteiger partial charge in [-0.1, -0.05) is 43.5 Å². The molecule has 0 radical (unpaired) electrons. The zero-order valence-electron chi connectivity index (χ0n) is 12.5. The molecule has 2 N–H and O–H groups in total. The van der Waals surface area contributed by atoms with Gasteiger partial charge in [0, 0.05) is 6.54 Å². The third kappa shape index (κ3) is 4.70. The van der Waals surface area contributed by atoms with Gasteiger partial charge in [0.2, 0.25) is 0 Å². The predicted molar refractivity (Wildman–Crippen MR) is 89.5 cm³/mol. The number of aromatic nitrogens is 2. The van der Waals surface area contributed by atoms with E-state index < -0.39 is 0 Å². The molecule has 0 bridgehead atoms. The minimum Gasteiger partial charge on any atom is -0.369 e. The van der Waals surface area contributed by atoms with Gasteiger partial charge in [0.25, 0.3) is 5.91 Å². The zero-order valence-corrected chi connectivity index (χ0v) is 13.2. The van der Waals surface area contributed by atoms with Crippen molar-refractivity contribution in [1.29, 1.82) is 0 Å². The van der Waals surface area contributed by atoms with Crippen molar-refractivity contribution in [2.45, 2.75) is 26.2 Å². The van der Waals surface area contributed by atoms with Crippen molar-refractivity contribution in [2.75, 3.05) is 17.2 Å². The lowest BCUT2D eigenvalue weighted by molar-refractivity contribution is 0.102. The first-order valence-electron chi connectivity index (χ1n) is 7.34. The number of nitrogens with zero attached hydrogens (tertiary/aromatic N) is 2. The van der Waals surface area contributed by atoms with Gasteiger partial charge in [0.05, 0.1) is 10.6 Å². The van der Waals surface area contributed by atoms with Gasteiger partial charge in [-0.25, -0.2) is 0 Å². The molecular weight excluding hydrogens is 300 g/mol. The molecule has 0 aliphatic carbocycles. The fourth-order valence-electron chi connectivity index (χ4n) is 1.91. The molecular formula is C16H19ClN4O. The van der Waals surface area contributed by atoms with Crippen molar-refractivity contribution in [3.8, 4) is 0 Å². The second-order valence-corrected chi connectivity index (χ2v) is 5.28. The highest BCUT2D eigenvalue weighted by molar-refractivity contribution is 6.34. The number of rotatable bonds is 7. The lowest BCUT2D eigenvalue weighted by Crippen LogP contribution is -2.14. The molecule has 1 amide bonds. The molecule has 1 aromatic carbocycles. The Morgan fingerprint density at radius 2 is 1.82 bits per heavy atom. The summed E-state index contributed by atoms with van der Waals surface area (Å²) in [5, 5.41) is 14.3. The summed E-state index contributed by atoms with van der Waals surface area (Å²) < 4.78 is 0. The number of amides is 1. The topological polar surface area (TPSA) is 66.9 Å². The highest BCUT2D eigenvalue weighted by atomic mass is 35.5. The maximum Gasteiger partial charge on any atom is 0.258 e. The summed E-state index contributed by atoms with van der Waals surface area (Å²) in [6.07, 6.45) is 3.47. The SMILES string of the molecule is CCCCCNc1ccc(NC(=O)c2ccccc2Cl)nn1. The minimum atomic E-state index is -0.302. The van der Waals surface area contributed by atoms with Gasteiger partial charge in [-0.05, 0) is 30.7 Å². The standard InChI is InChI=1S/C16H19ClN4O/c1-2-3-6-11-18-14-9-10-15(21-20-14)19-16(22)12-7-4-5-8-13(12)17/h4-5,7-10H,2-3,6,11H2,1H3,(H,18,20)(H,19,21,22). The molecule has 5 nitrogen and oxygen atoms in total. The maximum atomic E-state index is 12.1. The Morgan fingerprint density at radius 3 is 2.50 bits per heavy atom. The van der Waals surface area contributed by atoms with Crippen LogP contribution in [0.4, 0.5) is 11.6 Å². The molecule has 1 aromatic heterocycles. The lowest BCUT2D eigenvalue weighted by atomic mass is 10.2. The molecule has 0 saturated heterocycles. The molecule has 2 aromatic rings. The number of carbonyl (C=O) groups excluding carboxylic acids is 1. The first kappa shape index (κ1) is 16.2. The highest BCUT2D eigenvalue weighted by Gasteiger charge is 2.10. The molecule has 0 saturated carbocycles. The molecule has 0 spiro atoms. The molecule has 116 valence electrons. The van der Waals surface area contributed by atoms with Gasteiger partial charge in [-0.3, -0.25) is 4.79 Å². The smallest absolute Gasteiger partial charge is 0.258 e. The molecule has 0 aliphatic heterocycles. The second kappa shape index (κ2) is 8.34. The first-order valence-corrected chi connectivity index (χ1v) is 7.72. The van der Waals surface area contributed by atoms with Gasteiger partial charge in [0.1, 0.15) is 5.82 Å². The Morgan fingerprint density at radius 1 is 1.09 bits per heavy atom.